The van der Waals surface area contributed by atoms with Gasteiger partial charge in [0.05, 0.1) is 13.2 Å². The Balaban J connectivity index is 1.90. The van der Waals surface area contributed by atoms with E-state index in [-0.39, 0.29) is 18.4 Å². The molecule has 1 fully saturated rings. The topological polar surface area (TPSA) is 71.8 Å². The van der Waals surface area contributed by atoms with Crippen molar-refractivity contribution in [2.24, 2.45) is 0 Å². The summed E-state index contributed by atoms with van der Waals surface area (Å²) in [4.78, 5) is 26.5. The van der Waals surface area contributed by atoms with Gasteiger partial charge in [-0.2, -0.15) is 0 Å². The standard InChI is InChI=1S/C17H20N2O4/c1-11-12-6-4-5-7-13(12)23-14(11)15(20)19-8-9-22-17(2,10-19)16(21)18-3/h4-7H,8-10H2,1-3H3,(H,18,21)/t17-/m1/s1. The fraction of sp³-hybridized carbons (Fsp3) is 0.412. The van der Waals surface area contributed by atoms with Crippen LogP contribution in [0.15, 0.2) is 28.7 Å². The van der Waals surface area contributed by atoms with E-state index in [2.05, 4.69) is 5.32 Å². The van der Waals surface area contributed by atoms with Crippen LogP contribution in [0.3, 0.4) is 0 Å². The van der Waals surface area contributed by atoms with Crippen LogP contribution in [0.5, 0.6) is 0 Å². The average molecular weight is 316 g/mol. The van der Waals surface area contributed by atoms with E-state index >= 15 is 0 Å². The first-order valence-electron chi connectivity index (χ1n) is 7.60. The predicted octanol–water partition coefficient (Wildman–Crippen LogP) is 1.72. The van der Waals surface area contributed by atoms with Gasteiger partial charge in [0, 0.05) is 24.5 Å². The molecule has 2 aromatic rings. The molecule has 0 radical (unpaired) electrons. The van der Waals surface area contributed by atoms with E-state index < -0.39 is 5.60 Å². The number of fused-ring (bicyclic) bond motifs is 1. The van der Waals surface area contributed by atoms with E-state index in [4.69, 9.17) is 9.15 Å². The highest BCUT2D eigenvalue weighted by molar-refractivity contribution is 5.99. The molecule has 0 aliphatic carbocycles. The lowest BCUT2D eigenvalue weighted by atomic mass is 10.0. The van der Waals surface area contributed by atoms with Gasteiger partial charge in [0.25, 0.3) is 11.8 Å². The van der Waals surface area contributed by atoms with Crippen molar-refractivity contribution >= 4 is 22.8 Å². The Hall–Kier alpha value is -2.34. The molecule has 1 atom stereocenters. The second kappa shape index (κ2) is 5.70. The molecule has 1 aliphatic rings. The van der Waals surface area contributed by atoms with Crippen molar-refractivity contribution in [1.29, 1.82) is 0 Å². The molecule has 2 amide bonds. The van der Waals surface area contributed by atoms with Crippen LogP contribution in [0.4, 0.5) is 0 Å². The Kier molecular flexibility index (Phi) is 3.85. The smallest absolute Gasteiger partial charge is 0.290 e. The Labute approximate surface area is 134 Å². The zero-order valence-corrected chi connectivity index (χ0v) is 13.5. The summed E-state index contributed by atoms with van der Waals surface area (Å²) in [6.07, 6.45) is 0. The number of benzene rings is 1. The van der Waals surface area contributed by atoms with Crippen molar-refractivity contribution in [2.75, 3.05) is 26.7 Å². The van der Waals surface area contributed by atoms with Gasteiger partial charge in [0.1, 0.15) is 5.58 Å². The number of ether oxygens (including phenoxy) is 1. The lowest BCUT2D eigenvalue weighted by molar-refractivity contribution is -0.153. The van der Waals surface area contributed by atoms with Crippen molar-refractivity contribution in [3.05, 3.63) is 35.6 Å². The largest absolute Gasteiger partial charge is 0.451 e. The number of para-hydroxylation sites is 1. The number of carbonyl (C=O) groups excluding carboxylic acids is 2. The summed E-state index contributed by atoms with van der Waals surface area (Å²) in [5.41, 5.74) is 0.470. The van der Waals surface area contributed by atoms with Crippen LogP contribution in [-0.4, -0.2) is 49.1 Å². The molecule has 1 aromatic heterocycles. The molecule has 0 saturated carbocycles. The third kappa shape index (κ3) is 2.59. The van der Waals surface area contributed by atoms with Crippen molar-refractivity contribution in [3.8, 4) is 0 Å². The molecular formula is C17H20N2O4. The number of amides is 2. The Morgan fingerprint density at radius 1 is 1.30 bits per heavy atom. The quantitative estimate of drug-likeness (QED) is 0.916. The molecule has 1 saturated heterocycles. The lowest BCUT2D eigenvalue weighted by Crippen LogP contribution is -2.58. The highest BCUT2D eigenvalue weighted by Crippen LogP contribution is 2.27. The van der Waals surface area contributed by atoms with Gasteiger partial charge in [0.2, 0.25) is 0 Å². The number of rotatable bonds is 2. The number of furan rings is 1. The molecule has 3 rings (SSSR count). The minimum absolute atomic E-state index is 0.196. The van der Waals surface area contributed by atoms with Gasteiger partial charge in [-0.3, -0.25) is 9.59 Å². The van der Waals surface area contributed by atoms with Gasteiger partial charge in [-0.25, -0.2) is 0 Å². The summed E-state index contributed by atoms with van der Waals surface area (Å²) in [6, 6.07) is 7.55. The molecule has 1 aromatic carbocycles. The van der Waals surface area contributed by atoms with Gasteiger partial charge < -0.3 is 19.4 Å². The summed E-state index contributed by atoms with van der Waals surface area (Å²) in [6.45, 7) is 4.51. The van der Waals surface area contributed by atoms with E-state index in [1.54, 1.807) is 18.9 Å². The molecule has 0 spiro atoms. The molecule has 6 heteroatoms. The van der Waals surface area contributed by atoms with Crippen molar-refractivity contribution in [3.63, 3.8) is 0 Å². The Bertz CT molecular complexity index is 767. The average Bonchev–Trinajstić information content (AvgIpc) is 2.90. The molecule has 1 N–H and O–H groups in total. The van der Waals surface area contributed by atoms with Crippen LogP contribution in [-0.2, 0) is 9.53 Å². The van der Waals surface area contributed by atoms with Crippen LogP contribution < -0.4 is 5.32 Å². The summed E-state index contributed by atoms with van der Waals surface area (Å²) in [5.74, 6) is -0.124. The fourth-order valence-corrected chi connectivity index (χ4v) is 2.97. The molecule has 0 unspecified atom stereocenters. The first kappa shape index (κ1) is 15.6. The summed E-state index contributed by atoms with van der Waals surface area (Å²) in [7, 11) is 1.56. The van der Waals surface area contributed by atoms with Gasteiger partial charge in [-0.1, -0.05) is 18.2 Å². The summed E-state index contributed by atoms with van der Waals surface area (Å²) >= 11 is 0. The monoisotopic (exact) mass is 316 g/mol. The first-order valence-corrected chi connectivity index (χ1v) is 7.60. The predicted molar refractivity (Wildman–Crippen MR) is 85.3 cm³/mol. The van der Waals surface area contributed by atoms with E-state index in [0.717, 1.165) is 10.9 Å². The zero-order chi connectivity index (χ0) is 16.6. The zero-order valence-electron chi connectivity index (χ0n) is 13.5. The molecule has 6 nitrogen and oxygen atoms in total. The minimum Gasteiger partial charge on any atom is -0.451 e. The third-order valence-corrected chi connectivity index (χ3v) is 4.31. The van der Waals surface area contributed by atoms with Crippen molar-refractivity contribution < 1.29 is 18.7 Å². The maximum absolute atomic E-state index is 12.8. The van der Waals surface area contributed by atoms with E-state index in [9.17, 15) is 9.59 Å². The van der Waals surface area contributed by atoms with Crippen molar-refractivity contribution in [1.82, 2.24) is 10.2 Å². The SMILES string of the molecule is CNC(=O)[C@@]1(C)CN(C(=O)c2oc3ccccc3c2C)CCO1. The molecule has 122 valence electrons. The Morgan fingerprint density at radius 3 is 2.74 bits per heavy atom. The maximum atomic E-state index is 12.8. The van der Waals surface area contributed by atoms with Gasteiger partial charge in [0.15, 0.2) is 11.4 Å². The highest BCUT2D eigenvalue weighted by Gasteiger charge is 2.41. The van der Waals surface area contributed by atoms with E-state index in [1.807, 2.05) is 31.2 Å². The number of carbonyl (C=O) groups is 2. The van der Waals surface area contributed by atoms with Crippen LogP contribution in [0, 0.1) is 6.92 Å². The molecule has 2 heterocycles. The summed E-state index contributed by atoms with van der Waals surface area (Å²) in [5, 5.41) is 3.51. The van der Waals surface area contributed by atoms with Crippen LogP contribution in [0.1, 0.15) is 23.0 Å². The minimum atomic E-state index is -1.04. The molecule has 1 aliphatic heterocycles. The van der Waals surface area contributed by atoms with Gasteiger partial charge in [-0.15, -0.1) is 0 Å². The number of hydrogen-bond donors (Lipinski definition) is 1. The highest BCUT2D eigenvalue weighted by atomic mass is 16.5. The number of morpholine rings is 1. The third-order valence-electron chi connectivity index (χ3n) is 4.31. The molecule has 0 bridgehead atoms. The molecule has 23 heavy (non-hydrogen) atoms. The number of aryl methyl sites for hydroxylation is 1. The van der Waals surface area contributed by atoms with Crippen molar-refractivity contribution in [2.45, 2.75) is 19.4 Å². The first-order chi connectivity index (χ1) is 11.0. The normalized spacial score (nSPS) is 21.4. The van der Waals surface area contributed by atoms with Crippen LogP contribution in [0.2, 0.25) is 0 Å². The number of likely N-dealkylation sites (N-methyl/N-ethyl adjacent to an activating group) is 1. The number of nitrogens with one attached hydrogen (secondary N) is 1. The van der Waals surface area contributed by atoms with Crippen LogP contribution >= 0.6 is 0 Å². The van der Waals surface area contributed by atoms with Gasteiger partial charge in [-0.05, 0) is 19.9 Å². The Morgan fingerprint density at radius 2 is 2.04 bits per heavy atom. The second-order valence-electron chi connectivity index (χ2n) is 5.94. The van der Waals surface area contributed by atoms with E-state index in [1.165, 1.54) is 0 Å². The van der Waals surface area contributed by atoms with Gasteiger partial charge >= 0.3 is 0 Å². The fourth-order valence-electron chi connectivity index (χ4n) is 2.97. The second-order valence-corrected chi connectivity index (χ2v) is 5.94. The van der Waals surface area contributed by atoms with Crippen LogP contribution in [0.25, 0.3) is 11.0 Å². The van der Waals surface area contributed by atoms with E-state index in [0.29, 0.717) is 24.5 Å². The maximum Gasteiger partial charge on any atom is 0.290 e. The molecular weight excluding hydrogens is 296 g/mol. The number of hydrogen-bond acceptors (Lipinski definition) is 4. The summed E-state index contributed by atoms with van der Waals surface area (Å²) < 4.78 is 11.3. The number of nitrogens with zero attached hydrogens (tertiary/aromatic N) is 1. The lowest BCUT2D eigenvalue weighted by Gasteiger charge is -2.38.